The largest absolute Gasteiger partial charge is 0.477 e. The Morgan fingerprint density at radius 3 is 2.79 bits per heavy atom. The van der Waals surface area contributed by atoms with Crippen molar-refractivity contribution in [2.45, 2.75) is 31.7 Å². The van der Waals surface area contributed by atoms with E-state index in [4.69, 9.17) is 16.3 Å². The van der Waals surface area contributed by atoms with E-state index in [-0.39, 0.29) is 29.6 Å². The number of hydrazine groups is 1. The molecule has 1 aliphatic carbocycles. The summed E-state index contributed by atoms with van der Waals surface area (Å²) in [5.74, 6) is 4.12. The monoisotopic (exact) mass is 391 g/mol. The second kappa shape index (κ2) is 6.64. The molecular weight excluding hydrogens is 369 g/mol. The Morgan fingerprint density at radius 1 is 1.46 bits per heavy atom. The number of rotatable bonds is 5. The summed E-state index contributed by atoms with van der Waals surface area (Å²) in [4.78, 5) is 24.3. The molecular formula is C18H22FN5O4. The molecule has 2 aliphatic rings. The van der Waals surface area contributed by atoms with Gasteiger partial charge in [-0.3, -0.25) is 20.3 Å². The molecule has 0 atom stereocenters. The van der Waals surface area contributed by atoms with Gasteiger partial charge in [-0.2, -0.15) is 0 Å². The molecule has 1 saturated carbocycles. The first-order valence-corrected chi connectivity index (χ1v) is 9.06. The van der Waals surface area contributed by atoms with Crippen LogP contribution in [0.25, 0.3) is 10.9 Å². The predicted molar refractivity (Wildman–Crippen MR) is 102 cm³/mol. The van der Waals surface area contributed by atoms with E-state index in [2.05, 4.69) is 5.43 Å². The number of anilines is 1. The summed E-state index contributed by atoms with van der Waals surface area (Å²) >= 11 is 0. The van der Waals surface area contributed by atoms with Crippen molar-refractivity contribution >= 4 is 22.6 Å². The third kappa shape index (κ3) is 2.68. The third-order valence-corrected chi connectivity index (χ3v) is 5.63. The van der Waals surface area contributed by atoms with Crippen molar-refractivity contribution in [1.82, 2.24) is 4.68 Å². The van der Waals surface area contributed by atoms with Crippen LogP contribution < -0.4 is 32.2 Å². The van der Waals surface area contributed by atoms with Gasteiger partial charge in [0.2, 0.25) is 5.43 Å². The van der Waals surface area contributed by atoms with Crippen molar-refractivity contribution in [3.8, 4) is 5.75 Å². The van der Waals surface area contributed by atoms with Crippen LogP contribution in [0.5, 0.6) is 5.75 Å². The molecule has 1 aromatic carbocycles. The predicted octanol–water partition coefficient (Wildman–Crippen LogP) is 0.712. The van der Waals surface area contributed by atoms with E-state index in [1.54, 1.807) is 12.1 Å². The molecule has 10 heteroatoms. The lowest BCUT2D eigenvalue weighted by Gasteiger charge is -2.34. The first-order chi connectivity index (χ1) is 13.3. The standard InChI is InChI=1S/C18H22FN5O4/c1-23-7-28-17-10(3-2-8-4-9(20)5-8)13(19)14(22-21)12-15(17)24(23)6-11(16(12)25)18(26)27/h6,8-9,22H,2-5,7,20-21H2,1H3,(H,26,27). The summed E-state index contributed by atoms with van der Waals surface area (Å²) in [5.41, 5.74) is 7.19. The Hall–Kier alpha value is -2.85. The molecule has 1 aliphatic heterocycles. The lowest BCUT2D eigenvalue weighted by Crippen LogP contribution is -2.40. The highest BCUT2D eigenvalue weighted by atomic mass is 19.1. The molecule has 0 spiro atoms. The molecule has 150 valence electrons. The van der Waals surface area contributed by atoms with Crippen LogP contribution in [0.4, 0.5) is 10.1 Å². The summed E-state index contributed by atoms with van der Waals surface area (Å²) < 4.78 is 22.6. The van der Waals surface area contributed by atoms with Gasteiger partial charge in [-0.15, -0.1) is 0 Å². The number of halogens is 1. The molecule has 4 rings (SSSR count). The normalized spacial score (nSPS) is 20.6. The van der Waals surface area contributed by atoms with Gasteiger partial charge in [0.05, 0.1) is 11.1 Å². The van der Waals surface area contributed by atoms with Crippen molar-refractivity contribution in [3.05, 3.63) is 33.4 Å². The zero-order valence-electron chi connectivity index (χ0n) is 15.4. The Bertz CT molecular complexity index is 1030. The van der Waals surface area contributed by atoms with Gasteiger partial charge in [0, 0.05) is 24.8 Å². The second-order valence-electron chi connectivity index (χ2n) is 7.45. The number of pyridine rings is 1. The van der Waals surface area contributed by atoms with Crippen LogP contribution >= 0.6 is 0 Å². The fourth-order valence-corrected chi connectivity index (χ4v) is 4.08. The molecule has 1 fully saturated rings. The number of ether oxygens (including phenoxy) is 1. The Kier molecular flexibility index (Phi) is 4.39. The lowest BCUT2D eigenvalue weighted by molar-refractivity contribution is 0.0694. The molecule has 0 saturated heterocycles. The van der Waals surface area contributed by atoms with Gasteiger partial charge in [0.25, 0.3) is 0 Å². The van der Waals surface area contributed by atoms with E-state index >= 15 is 4.39 Å². The zero-order chi connectivity index (χ0) is 20.2. The van der Waals surface area contributed by atoms with Gasteiger partial charge in [0.15, 0.2) is 18.3 Å². The molecule has 6 N–H and O–H groups in total. The van der Waals surface area contributed by atoms with Crippen molar-refractivity contribution in [1.29, 1.82) is 0 Å². The number of aromatic carboxylic acids is 1. The molecule has 2 heterocycles. The van der Waals surface area contributed by atoms with Gasteiger partial charge in [0.1, 0.15) is 11.1 Å². The highest BCUT2D eigenvalue weighted by molar-refractivity contribution is 6.01. The maximum atomic E-state index is 15.3. The summed E-state index contributed by atoms with van der Waals surface area (Å²) in [6.45, 7) is 0.0835. The highest BCUT2D eigenvalue weighted by Gasteiger charge is 2.32. The number of nitrogens with one attached hydrogen (secondary N) is 1. The number of carbonyl (C=O) groups is 1. The molecule has 0 amide bonds. The fraction of sp³-hybridized carbons (Fsp3) is 0.444. The SMILES string of the molecule is CN1COc2c(CCC3CC(N)C3)c(F)c(NN)c3c(=O)c(C(=O)O)cn1c23. The van der Waals surface area contributed by atoms with E-state index in [0.29, 0.717) is 23.4 Å². The number of nitrogens with zero attached hydrogens (tertiary/aromatic N) is 2. The van der Waals surface area contributed by atoms with Gasteiger partial charge >= 0.3 is 5.97 Å². The van der Waals surface area contributed by atoms with Gasteiger partial charge in [-0.25, -0.2) is 9.18 Å². The average molecular weight is 391 g/mol. The Balaban J connectivity index is 1.95. The molecule has 0 unspecified atom stereocenters. The fourth-order valence-electron chi connectivity index (χ4n) is 4.08. The first kappa shape index (κ1) is 18.5. The number of carboxylic acid groups (broad SMARTS) is 1. The summed E-state index contributed by atoms with van der Waals surface area (Å²) in [5, 5.41) is 10.8. The Morgan fingerprint density at radius 2 is 2.18 bits per heavy atom. The van der Waals surface area contributed by atoms with Crippen LogP contribution in [-0.2, 0) is 6.42 Å². The third-order valence-electron chi connectivity index (χ3n) is 5.63. The number of carboxylic acids is 1. The molecule has 0 radical (unpaired) electrons. The number of nitrogen functional groups attached to an aromatic ring is 1. The number of aromatic nitrogens is 1. The minimum atomic E-state index is -1.40. The van der Waals surface area contributed by atoms with Crippen LogP contribution in [0.1, 0.15) is 35.2 Å². The van der Waals surface area contributed by atoms with Crippen molar-refractivity contribution in [2.75, 3.05) is 24.2 Å². The minimum absolute atomic E-state index is 0.0835. The first-order valence-electron chi connectivity index (χ1n) is 9.06. The quantitative estimate of drug-likeness (QED) is 0.432. The molecule has 2 aromatic rings. The maximum Gasteiger partial charge on any atom is 0.341 e. The van der Waals surface area contributed by atoms with E-state index in [9.17, 15) is 14.7 Å². The molecule has 1 aromatic heterocycles. The van der Waals surface area contributed by atoms with Crippen molar-refractivity contribution in [2.24, 2.45) is 17.5 Å². The van der Waals surface area contributed by atoms with Crippen molar-refractivity contribution < 1.29 is 19.0 Å². The van der Waals surface area contributed by atoms with Crippen LogP contribution in [0.2, 0.25) is 0 Å². The maximum absolute atomic E-state index is 15.3. The van der Waals surface area contributed by atoms with E-state index in [1.165, 1.54) is 10.9 Å². The average Bonchev–Trinajstić information content (AvgIpc) is 2.63. The number of benzene rings is 1. The molecule has 28 heavy (non-hydrogen) atoms. The summed E-state index contributed by atoms with van der Waals surface area (Å²) in [6.07, 6.45) is 4.18. The molecule has 0 bridgehead atoms. The zero-order valence-corrected chi connectivity index (χ0v) is 15.4. The Labute approximate surface area is 159 Å². The second-order valence-corrected chi connectivity index (χ2v) is 7.45. The van der Waals surface area contributed by atoms with E-state index in [0.717, 1.165) is 19.3 Å². The number of nitrogens with two attached hydrogens (primary N) is 2. The summed E-state index contributed by atoms with van der Waals surface area (Å²) in [6, 6.07) is 0.204. The van der Waals surface area contributed by atoms with E-state index < -0.39 is 22.8 Å². The summed E-state index contributed by atoms with van der Waals surface area (Å²) in [7, 11) is 1.67. The van der Waals surface area contributed by atoms with Gasteiger partial charge < -0.3 is 21.0 Å². The molecule has 9 nitrogen and oxygen atoms in total. The van der Waals surface area contributed by atoms with Crippen LogP contribution in [0.15, 0.2) is 11.0 Å². The minimum Gasteiger partial charge on any atom is -0.477 e. The van der Waals surface area contributed by atoms with Crippen LogP contribution in [0, 0.1) is 11.7 Å². The highest BCUT2D eigenvalue weighted by Crippen LogP contribution is 2.40. The topological polar surface area (TPSA) is 136 Å². The van der Waals surface area contributed by atoms with Crippen LogP contribution in [-0.4, -0.2) is 35.6 Å². The smallest absolute Gasteiger partial charge is 0.341 e. The lowest BCUT2D eigenvalue weighted by atomic mass is 9.77. The van der Waals surface area contributed by atoms with E-state index in [1.807, 2.05) is 0 Å². The number of hydrogen-bond acceptors (Lipinski definition) is 7. The van der Waals surface area contributed by atoms with Gasteiger partial charge in [-0.05, 0) is 31.6 Å². The number of hydrogen-bond donors (Lipinski definition) is 4. The van der Waals surface area contributed by atoms with Crippen LogP contribution in [0.3, 0.4) is 0 Å². The van der Waals surface area contributed by atoms with Gasteiger partial charge in [-0.1, -0.05) is 0 Å². The van der Waals surface area contributed by atoms with Crippen molar-refractivity contribution in [3.63, 3.8) is 0 Å².